The molecular formula is C13H21NO4. The molecule has 0 saturated heterocycles. The summed E-state index contributed by atoms with van der Waals surface area (Å²) in [6.07, 6.45) is 6.01. The van der Waals surface area contributed by atoms with Crippen molar-refractivity contribution in [1.29, 1.82) is 0 Å². The third-order valence-corrected chi connectivity index (χ3v) is 2.27. The normalized spacial score (nSPS) is 19.2. The van der Waals surface area contributed by atoms with Gasteiger partial charge in [0.15, 0.2) is 0 Å². The van der Waals surface area contributed by atoms with Crippen LogP contribution >= 0.6 is 0 Å². The van der Waals surface area contributed by atoms with Gasteiger partial charge in [-0.1, -0.05) is 6.08 Å². The molecule has 0 aliphatic heterocycles. The summed E-state index contributed by atoms with van der Waals surface area (Å²) < 4.78 is 10.2. The van der Waals surface area contributed by atoms with Gasteiger partial charge in [0.1, 0.15) is 18.2 Å². The van der Waals surface area contributed by atoms with Gasteiger partial charge in [-0.15, -0.1) is 0 Å². The molecule has 18 heavy (non-hydrogen) atoms. The third-order valence-electron chi connectivity index (χ3n) is 2.27. The van der Waals surface area contributed by atoms with E-state index in [-0.39, 0.29) is 12.6 Å². The van der Waals surface area contributed by atoms with E-state index in [2.05, 4.69) is 5.32 Å². The summed E-state index contributed by atoms with van der Waals surface area (Å²) >= 11 is 0. The average Bonchev–Trinajstić information content (AvgIpc) is 2.25. The molecule has 1 rings (SSSR count). The highest BCUT2D eigenvalue weighted by Gasteiger charge is 2.18. The van der Waals surface area contributed by atoms with Gasteiger partial charge in [0.05, 0.1) is 0 Å². The lowest BCUT2D eigenvalue weighted by molar-refractivity contribution is -0.146. The number of carbonyl (C=O) groups excluding carboxylic acids is 2. The molecular weight excluding hydrogens is 234 g/mol. The van der Waals surface area contributed by atoms with E-state index >= 15 is 0 Å². The second kappa shape index (κ2) is 6.42. The number of amides is 1. The van der Waals surface area contributed by atoms with E-state index in [4.69, 9.17) is 9.47 Å². The number of hydrogen-bond donors (Lipinski definition) is 1. The van der Waals surface area contributed by atoms with Gasteiger partial charge < -0.3 is 14.8 Å². The van der Waals surface area contributed by atoms with E-state index in [0.717, 1.165) is 19.3 Å². The lowest BCUT2D eigenvalue weighted by Crippen LogP contribution is -2.36. The van der Waals surface area contributed by atoms with E-state index < -0.39 is 17.7 Å². The van der Waals surface area contributed by atoms with Crippen molar-refractivity contribution in [2.45, 2.75) is 51.7 Å². The molecule has 1 unspecified atom stereocenters. The molecule has 0 spiro atoms. The van der Waals surface area contributed by atoms with E-state index in [1.54, 1.807) is 20.8 Å². The number of allylic oxidation sites excluding steroid dienone is 1. The van der Waals surface area contributed by atoms with Crippen molar-refractivity contribution >= 4 is 12.1 Å². The summed E-state index contributed by atoms with van der Waals surface area (Å²) in [5.41, 5.74) is -0.569. The van der Waals surface area contributed by atoms with Gasteiger partial charge in [0, 0.05) is 0 Å². The first kappa shape index (κ1) is 14.5. The molecule has 0 heterocycles. The van der Waals surface area contributed by atoms with E-state index in [0.29, 0.717) is 0 Å². The fourth-order valence-corrected chi connectivity index (χ4v) is 1.55. The maximum atomic E-state index is 11.5. The van der Waals surface area contributed by atoms with Crippen molar-refractivity contribution < 1.29 is 19.1 Å². The lowest BCUT2D eigenvalue weighted by Gasteiger charge is -2.20. The smallest absolute Gasteiger partial charge is 0.408 e. The molecule has 1 aliphatic rings. The van der Waals surface area contributed by atoms with Crippen LogP contribution in [0.1, 0.15) is 40.0 Å². The number of ether oxygens (including phenoxy) is 2. The van der Waals surface area contributed by atoms with Gasteiger partial charge in [0.25, 0.3) is 0 Å². The zero-order valence-corrected chi connectivity index (χ0v) is 11.2. The van der Waals surface area contributed by atoms with E-state index in [1.165, 1.54) is 0 Å². The van der Waals surface area contributed by atoms with Crippen LogP contribution in [0, 0.1) is 0 Å². The van der Waals surface area contributed by atoms with Crippen LogP contribution in [0.2, 0.25) is 0 Å². The van der Waals surface area contributed by atoms with Crippen LogP contribution in [0.3, 0.4) is 0 Å². The summed E-state index contributed by atoms with van der Waals surface area (Å²) in [5, 5.41) is 2.37. The summed E-state index contributed by atoms with van der Waals surface area (Å²) in [7, 11) is 0. The Morgan fingerprint density at radius 1 is 1.39 bits per heavy atom. The largest absolute Gasteiger partial charge is 0.457 e. The summed E-state index contributed by atoms with van der Waals surface area (Å²) in [4.78, 5) is 22.8. The van der Waals surface area contributed by atoms with Crippen molar-refractivity contribution in [3.8, 4) is 0 Å². The van der Waals surface area contributed by atoms with Gasteiger partial charge in [-0.3, -0.25) is 4.79 Å². The van der Waals surface area contributed by atoms with Gasteiger partial charge in [-0.05, 0) is 46.1 Å². The summed E-state index contributed by atoms with van der Waals surface area (Å²) in [6, 6.07) is 0. The first-order valence-electron chi connectivity index (χ1n) is 6.20. The van der Waals surface area contributed by atoms with Crippen LogP contribution < -0.4 is 5.32 Å². The average molecular weight is 255 g/mol. The highest BCUT2D eigenvalue weighted by molar-refractivity contribution is 5.78. The van der Waals surface area contributed by atoms with Crippen LogP contribution in [0.15, 0.2) is 12.2 Å². The molecule has 5 nitrogen and oxygen atoms in total. The Balaban J connectivity index is 2.22. The van der Waals surface area contributed by atoms with Crippen molar-refractivity contribution in [3.05, 3.63) is 12.2 Å². The highest BCUT2D eigenvalue weighted by Crippen LogP contribution is 2.13. The second-order valence-corrected chi connectivity index (χ2v) is 5.24. The van der Waals surface area contributed by atoms with Crippen LogP contribution in [0.4, 0.5) is 4.79 Å². The maximum Gasteiger partial charge on any atom is 0.408 e. The lowest BCUT2D eigenvalue weighted by atomic mass is 10.1. The molecule has 1 amide bonds. The van der Waals surface area contributed by atoms with Crippen LogP contribution in [0.5, 0.6) is 0 Å². The Kier molecular flexibility index (Phi) is 5.19. The molecule has 0 aromatic rings. The molecule has 1 aliphatic carbocycles. The highest BCUT2D eigenvalue weighted by atomic mass is 16.6. The number of nitrogens with one attached hydrogen (secondary N) is 1. The molecule has 5 heteroatoms. The Labute approximate surface area is 108 Å². The molecule has 102 valence electrons. The van der Waals surface area contributed by atoms with Gasteiger partial charge >= 0.3 is 12.1 Å². The molecule has 0 bridgehead atoms. The SMILES string of the molecule is CC(C)(C)OC(=O)NCC(=O)OC1C=CCCC1. The number of hydrogen-bond acceptors (Lipinski definition) is 4. The Bertz CT molecular complexity index is 330. The molecule has 0 aromatic carbocycles. The molecule has 0 radical (unpaired) electrons. The Morgan fingerprint density at radius 2 is 2.11 bits per heavy atom. The Hall–Kier alpha value is -1.52. The van der Waals surface area contributed by atoms with Crippen molar-refractivity contribution in [2.75, 3.05) is 6.54 Å². The zero-order valence-electron chi connectivity index (χ0n) is 11.2. The van der Waals surface area contributed by atoms with Gasteiger partial charge in [-0.25, -0.2) is 4.79 Å². The number of rotatable bonds is 3. The quantitative estimate of drug-likeness (QED) is 0.620. The standard InChI is InChI=1S/C13H21NO4/c1-13(2,3)18-12(16)14-9-11(15)17-10-7-5-4-6-8-10/h5,7,10H,4,6,8-9H2,1-3H3,(H,14,16). The van der Waals surface area contributed by atoms with E-state index in [1.807, 2.05) is 12.2 Å². The third kappa shape index (κ3) is 6.27. The predicted octanol–water partition coefficient (Wildman–Crippen LogP) is 2.16. The first-order valence-corrected chi connectivity index (χ1v) is 6.20. The number of esters is 1. The predicted molar refractivity (Wildman–Crippen MR) is 67.1 cm³/mol. The topological polar surface area (TPSA) is 64.6 Å². The zero-order chi connectivity index (χ0) is 13.6. The number of carbonyl (C=O) groups is 2. The molecule has 0 saturated carbocycles. The first-order chi connectivity index (χ1) is 8.37. The minimum atomic E-state index is -0.612. The summed E-state index contributed by atoms with van der Waals surface area (Å²) in [6.45, 7) is 5.12. The van der Waals surface area contributed by atoms with Crippen LogP contribution in [0.25, 0.3) is 0 Å². The minimum absolute atomic E-state index is 0.160. The minimum Gasteiger partial charge on any atom is -0.457 e. The molecule has 0 aromatic heterocycles. The fraction of sp³-hybridized carbons (Fsp3) is 0.692. The second-order valence-electron chi connectivity index (χ2n) is 5.24. The van der Waals surface area contributed by atoms with Crippen molar-refractivity contribution in [2.24, 2.45) is 0 Å². The van der Waals surface area contributed by atoms with Crippen LogP contribution in [-0.2, 0) is 14.3 Å². The monoisotopic (exact) mass is 255 g/mol. The van der Waals surface area contributed by atoms with Crippen molar-refractivity contribution in [1.82, 2.24) is 5.32 Å². The van der Waals surface area contributed by atoms with Crippen molar-refractivity contribution in [3.63, 3.8) is 0 Å². The van der Waals surface area contributed by atoms with Crippen LogP contribution in [-0.4, -0.2) is 30.3 Å². The number of alkyl carbamates (subject to hydrolysis) is 1. The van der Waals surface area contributed by atoms with Gasteiger partial charge in [0.2, 0.25) is 0 Å². The maximum absolute atomic E-state index is 11.5. The van der Waals surface area contributed by atoms with Gasteiger partial charge in [-0.2, -0.15) is 0 Å². The molecule has 1 atom stereocenters. The molecule has 1 N–H and O–H groups in total. The summed E-state index contributed by atoms with van der Waals surface area (Å²) in [5.74, 6) is -0.447. The Morgan fingerprint density at radius 3 is 2.67 bits per heavy atom. The fourth-order valence-electron chi connectivity index (χ4n) is 1.55. The molecule has 0 fully saturated rings. The van der Waals surface area contributed by atoms with E-state index in [9.17, 15) is 9.59 Å².